The topological polar surface area (TPSA) is 95.5 Å². The number of hydrogen-bond donors (Lipinski definition) is 3. The Morgan fingerprint density at radius 1 is 1.11 bits per heavy atom. The molecule has 1 rings (SSSR count). The Kier molecular flexibility index (Phi) is 5.53. The van der Waals surface area contributed by atoms with Gasteiger partial charge >= 0.3 is 5.97 Å². The van der Waals surface area contributed by atoms with Crippen molar-refractivity contribution in [2.75, 3.05) is 13.1 Å². The predicted octanol–water partition coefficient (Wildman–Crippen LogP) is 0.180. The van der Waals surface area contributed by atoms with E-state index < -0.39 is 5.97 Å². The summed E-state index contributed by atoms with van der Waals surface area (Å²) in [6, 6.07) is 6.37. The molecule has 0 heterocycles. The number of carboxylic acid groups (broad SMARTS) is 1. The van der Waals surface area contributed by atoms with E-state index in [-0.39, 0.29) is 23.8 Å². The zero-order valence-electron chi connectivity index (χ0n) is 10.6. The van der Waals surface area contributed by atoms with Crippen molar-refractivity contribution in [1.29, 1.82) is 0 Å². The molecule has 0 aromatic heterocycles. The normalized spacial score (nSPS) is 9.74. The number of aromatic carboxylic acids is 1. The molecule has 0 aliphatic heterocycles. The Bertz CT molecular complexity index is 485. The van der Waals surface area contributed by atoms with Crippen LogP contribution in [0.5, 0.6) is 0 Å². The van der Waals surface area contributed by atoms with Crippen LogP contribution in [0.15, 0.2) is 24.3 Å². The molecule has 102 valence electrons. The van der Waals surface area contributed by atoms with Gasteiger partial charge < -0.3 is 15.7 Å². The number of rotatable bonds is 6. The quantitative estimate of drug-likeness (QED) is 0.639. The zero-order chi connectivity index (χ0) is 14.3. The number of hydrogen-bond acceptors (Lipinski definition) is 3. The molecule has 0 saturated carbocycles. The molecule has 0 fully saturated rings. The van der Waals surface area contributed by atoms with Gasteiger partial charge in [0.15, 0.2) is 0 Å². The number of nitrogens with one attached hydrogen (secondary N) is 2. The van der Waals surface area contributed by atoms with Crippen LogP contribution in [0.2, 0.25) is 0 Å². The summed E-state index contributed by atoms with van der Waals surface area (Å²) in [5, 5.41) is 14.1. The van der Waals surface area contributed by atoms with Crippen LogP contribution in [0.1, 0.15) is 22.8 Å². The van der Waals surface area contributed by atoms with Gasteiger partial charge in [-0.25, -0.2) is 4.79 Å². The van der Waals surface area contributed by atoms with E-state index in [1.54, 1.807) is 18.2 Å². The fraction of sp³-hybridized carbons (Fsp3) is 0.308. The molecule has 6 heteroatoms. The van der Waals surface area contributed by atoms with E-state index in [1.165, 1.54) is 13.0 Å². The lowest BCUT2D eigenvalue weighted by Gasteiger charge is -2.07. The van der Waals surface area contributed by atoms with Crippen LogP contribution in [0.25, 0.3) is 0 Å². The molecule has 0 saturated heterocycles. The largest absolute Gasteiger partial charge is 0.478 e. The molecule has 0 aliphatic carbocycles. The predicted molar refractivity (Wildman–Crippen MR) is 68.8 cm³/mol. The molecule has 0 aliphatic rings. The summed E-state index contributed by atoms with van der Waals surface area (Å²) < 4.78 is 0. The molecular formula is C13H16N2O4. The van der Waals surface area contributed by atoms with E-state index in [0.717, 1.165) is 0 Å². The second kappa shape index (κ2) is 7.15. The van der Waals surface area contributed by atoms with Crippen molar-refractivity contribution in [1.82, 2.24) is 10.6 Å². The summed E-state index contributed by atoms with van der Waals surface area (Å²) in [4.78, 5) is 33.2. The fourth-order valence-electron chi connectivity index (χ4n) is 1.56. The van der Waals surface area contributed by atoms with Crippen LogP contribution in [0, 0.1) is 0 Å². The van der Waals surface area contributed by atoms with Crippen LogP contribution in [0.4, 0.5) is 0 Å². The van der Waals surface area contributed by atoms with Crippen molar-refractivity contribution < 1.29 is 19.5 Å². The van der Waals surface area contributed by atoms with Gasteiger partial charge in [-0.2, -0.15) is 0 Å². The molecule has 0 radical (unpaired) electrons. The molecule has 3 N–H and O–H groups in total. The summed E-state index contributed by atoms with van der Waals surface area (Å²) >= 11 is 0. The number of benzene rings is 1. The maximum Gasteiger partial charge on any atom is 0.335 e. The number of carbonyl (C=O) groups excluding carboxylic acids is 2. The van der Waals surface area contributed by atoms with E-state index in [2.05, 4.69) is 10.6 Å². The first kappa shape index (κ1) is 14.7. The van der Waals surface area contributed by atoms with Crippen LogP contribution < -0.4 is 10.6 Å². The van der Waals surface area contributed by atoms with Gasteiger partial charge in [-0.15, -0.1) is 0 Å². The molecule has 0 bridgehead atoms. The smallest absolute Gasteiger partial charge is 0.335 e. The van der Waals surface area contributed by atoms with Crippen LogP contribution in [-0.4, -0.2) is 36.0 Å². The van der Waals surface area contributed by atoms with Crippen molar-refractivity contribution in [3.8, 4) is 0 Å². The highest BCUT2D eigenvalue weighted by molar-refractivity contribution is 5.91. The van der Waals surface area contributed by atoms with Crippen LogP contribution in [0.3, 0.4) is 0 Å². The standard InChI is InChI=1S/C13H16N2O4/c1-9(16)14-6-7-15-12(17)8-10-4-2-3-5-11(10)13(18)19/h2-5H,6-8H2,1H3,(H,14,16)(H,15,17)(H,18,19). The number of carboxylic acids is 1. The molecular weight excluding hydrogens is 248 g/mol. The third-order valence-electron chi connectivity index (χ3n) is 2.42. The van der Waals surface area contributed by atoms with Crippen LogP contribution >= 0.6 is 0 Å². The van der Waals surface area contributed by atoms with Gasteiger partial charge in [0.2, 0.25) is 11.8 Å². The monoisotopic (exact) mass is 264 g/mol. The first-order chi connectivity index (χ1) is 9.00. The summed E-state index contributed by atoms with van der Waals surface area (Å²) in [5.74, 6) is -1.49. The number of amides is 2. The summed E-state index contributed by atoms with van der Waals surface area (Å²) in [6.07, 6.45) is 0.00252. The minimum atomic E-state index is -1.05. The molecule has 19 heavy (non-hydrogen) atoms. The molecule has 6 nitrogen and oxygen atoms in total. The Morgan fingerprint density at radius 2 is 1.74 bits per heavy atom. The Morgan fingerprint density at radius 3 is 2.37 bits per heavy atom. The second-order valence-corrected chi connectivity index (χ2v) is 3.97. The van der Waals surface area contributed by atoms with Crippen molar-refractivity contribution in [3.05, 3.63) is 35.4 Å². The van der Waals surface area contributed by atoms with Gasteiger partial charge in [0, 0.05) is 20.0 Å². The van der Waals surface area contributed by atoms with E-state index in [9.17, 15) is 14.4 Å². The molecule has 1 aromatic rings. The van der Waals surface area contributed by atoms with Gasteiger partial charge in [-0.05, 0) is 11.6 Å². The van der Waals surface area contributed by atoms with E-state index in [1.807, 2.05) is 0 Å². The van der Waals surface area contributed by atoms with E-state index in [4.69, 9.17) is 5.11 Å². The maximum atomic E-state index is 11.6. The Labute approximate surface area is 110 Å². The Hall–Kier alpha value is -2.37. The molecule has 2 amide bonds. The third kappa shape index (κ3) is 5.20. The summed E-state index contributed by atoms with van der Waals surface area (Å²) in [6.45, 7) is 2.06. The molecule has 0 unspecified atom stereocenters. The summed E-state index contributed by atoms with van der Waals surface area (Å²) in [5.41, 5.74) is 0.589. The molecule has 0 spiro atoms. The minimum Gasteiger partial charge on any atom is -0.478 e. The lowest BCUT2D eigenvalue weighted by molar-refractivity contribution is -0.121. The van der Waals surface area contributed by atoms with E-state index >= 15 is 0 Å². The van der Waals surface area contributed by atoms with Gasteiger partial charge in [-0.1, -0.05) is 18.2 Å². The minimum absolute atomic E-state index is 0.00252. The highest BCUT2D eigenvalue weighted by atomic mass is 16.4. The zero-order valence-corrected chi connectivity index (χ0v) is 10.6. The third-order valence-corrected chi connectivity index (χ3v) is 2.42. The van der Waals surface area contributed by atoms with Gasteiger partial charge in [0.25, 0.3) is 0 Å². The lowest BCUT2D eigenvalue weighted by atomic mass is 10.0. The highest BCUT2D eigenvalue weighted by Gasteiger charge is 2.11. The number of carbonyl (C=O) groups is 3. The highest BCUT2D eigenvalue weighted by Crippen LogP contribution is 2.09. The van der Waals surface area contributed by atoms with E-state index in [0.29, 0.717) is 18.7 Å². The first-order valence-electron chi connectivity index (χ1n) is 5.83. The van der Waals surface area contributed by atoms with Gasteiger partial charge in [0.1, 0.15) is 0 Å². The SMILES string of the molecule is CC(=O)NCCNC(=O)Cc1ccccc1C(=O)O. The average molecular weight is 264 g/mol. The Balaban J connectivity index is 2.48. The van der Waals surface area contributed by atoms with Crippen molar-refractivity contribution in [3.63, 3.8) is 0 Å². The maximum absolute atomic E-state index is 11.6. The van der Waals surface area contributed by atoms with Crippen LogP contribution in [-0.2, 0) is 16.0 Å². The molecule has 0 atom stereocenters. The summed E-state index contributed by atoms with van der Waals surface area (Å²) in [7, 11) is 0. The van der Waals surface area contributed by atoms with Crippen molar-refractivity contribution in [2.24, 2.45) is 0 Å². The van der Waals surface area contributed by atoms with Crippen molar-refractivity contribution in [2.45, 2.75) is 13.3 Å². The van der Waals surface area contributed by atoms with Crippen molar-refractivity contribution >= 4 is 17.8 Å². The molecule has 1 aromatic carbocycles. The lowest BCUT2D eigenvalue weighted by Crippen LogP contribution is -2.34. The fourth-order valence-corrected chi connectivity index (χ4v) is 1.56. The van der Waals surface area contributed by atoms with Gasteiger partial charge in [-0.3, -0.25) is 9.59 Å². The first-order valence-corrected chi connectivity index (χ1v) is 5.83. The second-order valence-electron chi connectivity index (χ2n) is 3.97. The van der Waals surface area contributed by atoms with Gasteiger partial charge in [0.05, 0.1) is 12.0 Å². The average Bonchev–Trinajstić information content (AvgIpc) is 2.35.